The highest BCUT2D eigenvalue weighted by atomic mass is 127. The number of halogens is 2. The molecule has 0 aromatic heterocycles. The molecule has 1 fully saturated rings. The molecule has 0 saturated carbocycles. The summed E-state index contributed by atoms with van der Waals surface area (Å²) in [6.45, 7) is 6.07. The van der Waals surface area contributed by atoms with Gasteiger partial charge in [-0.2, -0.15) is 0 Å². The molecular weight excluding hydrogens is 543 g/mol. The Hall–Kier alpha value is -0.660. The Morgan fingerprint density at radius 2 is 2.17 bits per heavy atom. The topological polar surface area (TPSA) is 101 Å². The molecule has 1 unspecified atom stereocenters. The molecule has 2 rings (SSSR count). The number of hydrogen-bond acceptors (Lipinski definition) is 5. The van der Waals surface area contributed by atoms with E-state index in [9.17, 15) is 8.42 Å². The molecule has 30 heavy (non-hydrogen) atoms. The molecule has 172 valence electrons. The van der Waals surface area contributed by atoms with Crippen molar-refractivity contribution in [2.45, 2.75) is 37.2 Å². The zero-order valence-corrected chi connectivity index (χ0v) is 21.1. The van der Waals surface area contributed by atoms with E-state index in [4.69, 9.17) is 21.1 Å². The van der Waals surface area contributed by atoms with Crippen molar-refractivity contribution in [2.24, 2.45) is 4.99 Å². The largest absolute Gasteiger partial charge is 0.379 e. The average Bonchev–Trinajstić information content (AvgIpc) is 3.21. The summed E-state index contributed by atoms with van der Waals surface area (Å²) in [5.41, 5.74) is 0. The van der Waals surface area contributed by atoms with E-state index in [1.54, 1.807) is 12.1 Å². The Morgan fingerprint density at radius 3 is 2.87 bits per heavy atom. The van der Waals surface area contributed by atoms with E-state index in [0.29, 0.717) is 37.3 Å². The van der Waals surface area contributed by atoms with E-state index in [0.717, 1.165) is 32.4 Å². The van der Waals surface area contributed by atoms with Gasteiger partial charge in [-0.15, -0.1) is 24.0 Å². The van der Waals surface area contributed by atoms with Crippen molar-refractivity contribution in [1.29, 1.82) is 0 Å². The molecule has 1 aromatic carbocycles. The highest BCUT2D eigenvalue weighted by molar-refractivity contribution is 14.0. The number of hydrogen-bond donors (Lipinski definition) is 3. The van der Waals surface area contributed by atoms with Crippen LogP contribution in [0.15, 0.2) is 34.2 Å². The summed E-state index contributed by atoms with van der Waals surface area (Å²) in [5.74, 6) is 0.647. The second-order valence-corrected chi connectivity index (χ2v) is 8.81. The monoisotopic (exact) mass is 574 g/mol. The summed E-state index contributed by atoms with van der Waals surface area (Å²) in [5, 5.41) is 6.64. The van der Waals surface area contributed by atoms with Gasteiger partial charge in [0.25, 0.3) is 0 Å². The van der Waals surface area contributed by atoms with Crippen LogP contribution in [-0.4, -0.2) is 66.5 Å². The molecule has 0 bridgehead atoms. The third-order valence-corrected chi connectivity index (χ3v) is 5.90. The highest BCUT2D eigenvalue weighted by Crippen LogP contribution is 2.15. The third kappa shape index (κ3) is 10.6. The van der Waals surface area contributed by atoms with Crippen LogP contribution in [0.1, 0.15) is 26.2 Å². The van der Waals surface area contributed by atoms with Gasteiger partial charge in [-0.05, 0) is 44.4 Å². The minimum Gasteiger partial charge on any atom is -0.379 e. The Bertz CT molecular complexity index is 746. The molecule has 1 saturated heterocycles. The molecule has 0 radical (unpaired) electrons. The van der Waals surface area contributed by atoms with Gasteiger partial charge in [0.1, 0.15) is 0 Å². The van der Waals surface area contributed by atoms with Crippen LogP contribution in [0, 0.1) is 0 Å². The molecular formula is C19H32ClIN4O4S. The predicted octanol–water partition coefficient (Wildman–Crippen LogP) is 2.38. The van der Waals surface area contributed by atoms with Gasteiger partial charge in [0.05, 0.1) is 17.6 Å². The van der Waals surface area contributed by atoms with Gasteiger partial charge in [-0.1, -0.05) is 17.7 Å². The van der Waals surface area contributed by atoms with E-state index in [1.165, 1.54) is 12.1 Å². The van der Waals surface area contributed by atoms with Crippen LogP contribution >= 0.6 is 35.6 Å². The SMILES string of the molecule is CCNC(=NCCCOCC1CCCO1)NCCNS(=O)(=O)c1cccc(Cl)c1.I. The van der Waals surface area contributed by atoms with E-state index in [2.05, 4.69) is 20.3 Å². The Morgan fingerprint density at radius 1 is 1.33 bits per heavy atom. The number of aliphatic imine (C=N–C) groups is 1. The summed E-state index contributed by atoms with van der Waals surface area (Å²) in [7, 11) is -3.59. The van der Waals surface area contributed by atoms with Crippen molar-refractivity contribution >= 4 is 51.6 Å². The molecule has 8 nitrogen and oxygen atoms in total. The molecule has 1 heterocycles. The Kier molecular flexibility index (Phi) is 13.9. The minimum atomic E-state index is -3.59. The van der Waals surface area contributed by atoms with Crippen LogP contribution < -0.4 is 15.4 Å². The molecule has 1 aliphatic heterocycles. The summed E-state index contributed by atoms with van der Waals surface area (Å²) < 4.78 is 38.2. The van der Waals surface area contributed by atoms with E-state index < -0.39 is 10.0 Å². The smallest absolute Gasteiger partial charge is 0.240 e. The lowest BCUT2D eigenvalue weighted by Gasteiger charge is -2.12. The Labute approximate surface area is 201 Å². The lowest BCUT2D eigenvalue weighted by Crippen LogP contribution is -2.41. The molecule has 1 aromatic rings. The zero-order valence-electron chi connectivity index (χ0n) is 17.2. The van der Waals surface area contributed by atoms with E-state index >= 15 is 0 Å². The average molecular weight is 575 g/mol. The van der Waals surface area contributed by atoms with Gasteiger partial charge in [0.15, 0.2) is 5.96 Å². The maximum atomic E-state index is 12.3. The number of nitrogens with one attached hydrogen (secondary N) is 3. The third-order valence-electron chi connectivity index (χ3n) is 4.20. The fourth-order valence-corrected chi connectivity index (χ4v) is 4.11. The fourth-order valence-electron chi connectivity index (χ4n) is 2.77. The summed E-state index contributed by atoms with van der Waals surface area (Å²) in [6.07, 6.45) is 3.25. The maximum Gasteiger partial charge on any atom is 0.240 e. The summed E-state index contributed by atoms with van der Waals surface area (Å²) >= 11 is 5.86. The van der Waals surface area contributed by atoms with Gasteiger partial charge in [0.2, 0.25) is 10.0 Å². The number of ether oxygens (including phenoxy) is 2. The van der Waals surface area contributed by atoms with Crippen molar-refractivity contribution in [3.05, 3.63) is 29.3 Å². The predicted molar refractivity (Wildman–Crippen MR) is 130 cm³/mol. The quantitative estimate of drug-likeness (QED) is 0.153. The Balaban J connectivity index is 0.00000450. The lowest BCUT2D eigenvalue weighted by atomic mass is 10.2. The first kappa shape index (κ1) is 27.4. The first-order valence-electron chi connectivity index (χ1n) is 9.98. The van der Waals surface area contributed by atoms with Crippen molar-refractivity contribution in [2.75, 3.05) is 46.0 Å². The number of rotatable bonds is 12. The second kappa shape index (κ2) is 15.2. The molecule has 0 amide bonds. The molecule has 0 spiro atoms. The van der Waals surface area contributed by atoms with Gasteiger partial charge >= 0.3 is 0 Å². The van der Waals surface area contributed by atoms with Crippen LogP contribution in [0.5, 0.6) is 0 Å². The first-order chi connectivity index (χ1) is 14.0. The number of benzene rings is 1. The van der Waals surface area contributed by atoms with Gasteiger partial charge < -0.3 is 20.1 Å². The molecule has 3 N–H and O–H groups in total. The number of nitrogens with zero attached hydrogens (tertiary/aromatic N) is 1. The van der Waals surface area contributed by atoms with Crippen molar-refractivity contribution < 1.29 is 17.9 Å². The lowest BCUT2D eigenvalue weighted by molar-refractivity contribution is 0.0171. The highest BCUT2D eigenvalue weighted by Gasteiger charge is 2.15. The van der Waals surface area contributed by atoms with E-state index in [-0.39, 0.29) is 41.5 Å². The van der Waals surface area contributed by atoms with Gasteiger partial charge in [-0.25, -0.2) is 13.1 Å². The molecule has 1 atom stereocenters. The zero-order chi connectivity index (χ0) is 21.0. The number of guanidine groups is 1. The van der Waals surface area contributed by atoms with Crippen LogP contribution in [0.2, 0.25) is 5.02 Å². The van der Waals surface area contributed by atoms with Crippen molar-refractivity contribution in [3.8, 4) is 0 Å². The van der Waals surface area contributed by atoms with Crippen molar-refractivity contribution in [3.63, 3.8) is 0 Å². The van der Waals surface area contributed by atoms with Crippen LogP contribution in [0.4, 0.5) is 0 Å². The maximum absolute atomic E-state index is 12.3. The van der Waals surface area contributed by atoms with E-state index in [1.807, 2.05) is 6.92 Å². The molecule has 11 heteroatoms. The molecule has 0 aliphatic carbocycles. The van der Waals surface area contributed by atoms with Gasteiger partial charge in [-0.3, -0.25) is 4.99 Å². The summed E-state index contributed by atoms with van der Waals surface area (Å²) in [4.78, 5) is 4.62. The first-order valence-corrected chi connectivity index (χ1v) is 11.8. The van der Waals surface area contributed by atoms with Crippen molar-refractivity contribution in [1.82, 2.24) is 15.4 Å². The minimum absolute atomic E-state index is 0. The van der Waals surface area contributed by atoms with Crippen LogP contribution in [-0.2, 0) is 19.5 Å². The van der Waals surface area contributed by atoms with Gasteiger partial charge in [0, 0.05) is 44.4 Å². The van der Waals surface area contributed by atoms with Crippen LogP contribution in [0.25, 0.3) is 0 Å². The standard InChI is InChI=1S/C19H31ClN4O4S.HI/c1-2-21-19(22-9-5-12-27-15-17-7-4-13-28-17)23-10-11-24-29(25,26)18-8-3-6-16(20)14-18;/h3,6,8,14,17,24H,2,4-5,7,9-13,15H2,1H3,(H2,21,22,23);1H. The molecule has 1 aliphatic rings. The fraction of sp³-hybridized carbons (Fsp3) is 0.632. The summed E-state index contributed by atoms with van der Waals surface area (Å²) in [6, 6.07) is 6.17. The normalized spacial score (nSPS) is 16.9. The number of sulfonamides is 1. The second-order valence-electron chi connectivity index (χ2n) is 6.61. The van der Waals surface area contributed by atoms with Crippen LogP contribution in [0.3, 0.4) is 0 Å².